The minimum absolute atomic E-state index is 0.312. The van der Waals surface area contributed by atoms with E-state index >= 15 is 0 Å². The number of fused-ring (bicyclic) bond motifs is 6. The van der Waals surface area contributed by atoms with Gasteiger partial charge >= 0.3 is 0 Å². The van der Waals surface area contributed by atoms with Crippen LogP contribution < -0.4 is 5.73 Å². The van der Waals surface area contributed by atoms with Crippen LogP contribution in [0.1, 0.15) is 49.9 Å². The Balaban J connectivity index is 0.00000138. The molecule has 0 saturated carbocycles. The van der Waals surface area contributed by atoms with Crippen LogP contribution in [0.4, 0.5) is 0 Å². The van der Waals surface area contributed by atoms with Crippen LogP contribution in [0.3, 0.4) is 0 Å². The van der Waals surface area contributed by atoms with E-state index in [0.29, 0.717) is 5.84 Å². The fourth-order valence-electron chi connectivity index (χ4n) is 7.70. The largest absolute Gasteiger partial charge is 0.333 e. The van der Waals surface area contributed by atoms with Gasteiger partial charge in [-0.25, -0.2) is 9.98 Å². The van der Waals surface area contributed by atoms with Crippen LogP contribution in [0.15, 0.2) is 180 Å². The van der Waals surface area contributed by atoms with E-state index in [4.69, 9.17) is 9.98 Å². The number of hydrogen-bond acceptors (Lipinski definition) is 5. The maximum absolute atomic E-state index is 5.48. The average molecular weight is 780 g/mol. The van der Waals surface area contributed by atoms with E-state index in [-0.39, 0.29) is 6.17 Å². The van der Waals surface area contributed by atoms with Crippen molar-refractivity contribution in [2.24, 2.45) is 15.7 Å². The van der Waals surface area contributed by atoms with E-state index in [9.17, 15) is 0 Å². The quantitative estimate of drug-likeness (QED) is 0.148. The van der Waals surface area contributed by atoms with Crippen molar-refractivity contribution in [3.05, 3.63) is 193 Å². The third-order valence-corrected chi connectivity index (χ3v) is 11.4. The molecule has 0 saturated heterocycles. The number of thiophene rings is 1. The summed E-state index contributed by atoms with van der Waals surface area (Å²) in [7, 11) is 3.57. The first-order valence-corrected chi connectivity index (χ1v) is 20.7. The summed E-state index contributed by atoms with van der Waals surface area (Å²) in [5.41, 5.74) is 14.4. The zero-order valence-corrected chi connectivity index (χ0v) is 35.5. The minimum Gasteiger partial charge on any atom is -0.333 e. The molecule has 1 unspecified atom stereocenters. The molecule has 8 rings (SSSR count). The van der Waals surface area contributed by atoms with Crippen LogP contribution in [0.2, 0.25) is 0 Å². The highest BCUT2D eigenvalue weighted by molar-refractivity contribution is 7.26. The topological polar surface area (TPSA) is 58.9 Å². The average Bonchev–Trinajstić information content (AvgIpc) is 3.82. The van der Waals surface area contributed by atoms with Crippen molar-refractivity contribution in [2.75, 3.05) is 14.1 Å². The standard InChI is InChI=1S/C49H42N4S.C2H6.CH5N/c1-7-11-21-33(10-4)36-28-29-38-37-24-15-17-26-41(37)53(43(38)30-36)42-31-40(46-45(32(42)5)39-25-16-18-27-44(39)54-46)47-50-48(34(19-8-2)20-9-3)52(6)49(51-47)35-22-13-12-14-23-35;2*1-2/h7-31,48H,2,4H2,1,3,5-6H3;1-2H3;2H2,1H3/b11-7-,20-9-,33-21+,34-19+;;. The Labute approximate surface area is 347 Å². The number of nitrogens with two attached hydrogens (primary N) is 1. The first-order valence-electron chi connectivity index (χ1n) is 19.9. The molecule has 0 radical (unpaired) electrons. The predicted octanol–water partition coefficient (Wildman–Crippen LogP) is 13.4. The van der Waals surface area contributed by atoms with Crippen LogP contribution in [0.5, 0.6) is 0 Å². The number of rotatable bonds is 9. The molecule has 5 nitrogen and oxygen atoms in total. The highest BCUT2D eigenvalue weighted by atomic mass is 32.1. The summed E-state index contributed by atoms with van der Waals surface area (Å²) in [6.45, 7) is 18.5. The molecular weight excluding hydrogens is 727 g/mol. The van der Waals surface area contributed by atoms with Gasteiger partial charge in [0.05, 0.1) is 16.7 Å². The number of aliphatic imine (C=N–C) groups is 2. The van der Waals surface area contributed by atoms with Crippen molar-refractivity contribution in [2.45, 2.75) is 40.8 Å². The summed E-state index contributed by atoms with van der Waals surface area (Å²) in [5, 5.41) is 4.88. The fraction of sp³-hybridized carbons (Fsp3) is 0.154. The molecule has 0 aliphatic carbocycles. The number of likely N-dealkylation sites (N-methyl/N-ethyl adjacent to an activating group) is 1. The molecule has 0 bridgehead atoms. The number of hydrogen-bond donors (Lipinski definition) is 1. The lowest BCUT2D eigenvalue weighted by Crippen LogP contribution is -2.41. The van der Waals surface area contributed by atoms with Crippen molar-refractivity contribution in [3.63, 3.8) is 0 Å². The maximum Gasteiger partial charge on any atom is 0.160 e. The zero-order chi connectivity index (χ0) is 41.3. The lowest BCUT2D eigenvalue weighted by atomic mass is 10.00. The van der Waals surface area contributed by atoms with Gasteiger partial charge in [0.1, 0.15) is 12.0 Å². The molecule has 2 N–H and O–H groups in total. The zero-order valence-electron chi connectivity index (χ0n) is 34.7. The lowest BCUT2D eigenvalue weighted by Gasteiger charge is -2.33. The Hall–Kier alpha value is -6.34. The van der Waals surface area contributed by atoms with E-state index < -0.39 is 0 Å². The second kappa shape index (κ2) is 18.7. The van der Waals surface area contributed by atoms with Crippen LogP contribution in [0.25, 0.3) is 53.2 Å². The van der Waals surface area contributed by atoms with Gasteiger partial charge in [-0.15, -0.1) is 11.3 Å². The van der Waals surface area contributed by atoms with E-state index in [1.807, 2.05) is 69.4 Å². The summed E-state index contributed by atoms with van der Waals surface area (Å²) in [6, 6.07) is 36.9. The number of aromatic nitrogens is 1. The Morgan fingerprint density at radius 2 is 1.48 bits per heavy atom. The van der Waals surface area contributed by atoms with Gasteiger partial charge in [0.25, 0.3) is 0 Å². The molecule has 6 heteroatoms. The van der Waals surface area contributed by atoms with Crippen molar-refractivity contribution >= 4 is 70.6 Å². The number of para-hydroxylation sites is 1. The highest BCUT2D eigenvalue weighted by Gasteiger charge is 2.29. The van der Waals surface area contributed by atoms with Gasteiger partial charge in [0.2, 0.25) is 0 Å². The molecule has 0 amide bonds. The molecule has 292 valence electrons. The first kappa shape index (κ1) is 41.3. The molecule has 1 atom stereocenters. The van der Waals surface area contributed by atoms with Gasteiger partial charge < -0.3 is 15.2 Å². The van der Waals surface area contributed by atoms with Crippen LogP contribution in [-0.4, -0.2) is 41.4 Å². The summed E-state index contributed by atoms with van der Waals surface area (Å²) in [5.74, 6) is 1.58. The number of allylic oxidation sites excluding steroid dienone is 8. The molecular formula is C52H53N5S. The summed E-state index contributed by atoms with van der Waals surface area (Å²) in [6.07, 6.45) is 15.9. The number of amidine groups is 2. The summed E-state index contributed by atoms with van der Waals surface area (Å²) < 4.78 is 4.86. The molecule has 7 aromatic rings. The number of nitrogens with zero attached hydrogens (tertiary/aromatic N) is 4. The Morgan fingerprint density at radius 3 is 2.19 bits per heavy atom. The van der Waals surface area contributed by atoms with Gasteiger partial charge in [0.15, 0.2) is 5.84 Å². The van der Waals surface area contributed by atoms with Crippen molar-refractivity contribution in [1.82, 2.24) is 9.47 Å². The lowest BCUT2D eigenvalue weighted by molar-refractivity contribution is 0.421. The third kappa shape index (κ3) is 7.57. The van der Waals surface area contributed by atoms with Gasteiger partial charge in [-0.1, -0.05) is 154 Å². The minimum atomic E-state index is -0.312. The van der Waals surface area contributed by atoms with Crippen LogP contribution in [-0.2, 0) is 0 Å². The maximum atomic E-state index is 5.48. The fourth-order valence-corrected chi connectivity index (χ4v) is 8.97. The normalized spacial score (nSPS) is 14.8. The molecule has 0 spiro atoms. The Bertz CT molecular complexity index is 2800. The van der Waals surface area contributed by atoms with E-state index in [0.717, 1.165) is 50.4 Å². The summed E-state index contributed by atoms with van der Waals surface area (Å²) >= 11 is 1.81. The van der Waals surface area contributed by atoms with E-state index in [2.05, 4.69) is 164 Å². The number of benzene rings is 5. The molecule has 2 aromatic heterocycles. The molecule has 5 aromatic carbocycles. The number of aryl methyl sites for hydroxylation is 1. The molecule has 58 heavy (non-hydrogen) atoms. The van der Waals surface area contributed by atoms with E-state index in [1.165, 1.54) is 43.6 Å². The monoisotopic (exact) mass is 779 g/mol. The molecule has 1 aliphatic heterocycles. The Morgan fingerprint density at radius 1 is 0.793 bits per heavy atom. The van der Waals surface area contributed by atoms with Crippen molar-refractivity contribution < 1.29 is 0 Å². The molecule has 3 heterocycles. The van der Waals surface area contributed by atoms with Gasteiger partial charge in [-0.05, 0) is 74.4 Å². The summed E-state index contributed by atoms with van der Waals surface area (Å²) in [4.78, 5) is 13.1. The Kier molecular flexibility index (Phi) is 13.3. The highest BCUT2D eigenvalue weighted by Crippen LogP contribution is 2.43. The predicted molar refractivity (Wildman–Crippen MR) is 257 cm³/mol. The van der Waals surface area contributed by atoms with Gasteiger partial charge in [-0.3, -0.25) is 0 Å². The first-order chi connectivity index (χ1) is 28.5. The van der Waals surface area contributed by atoms with Crippen LogP contribution >= 0.6 is 11.3 Å². The van der Waals surface area contributed by atoms with Crippen molar-refractivity contribution in [3.8, 4) is 5.69 Å². The molecule has 1 aliphatic rings. The SMILES string of the molecule is C=C/C=C(\C=C/C)C1N=C(c2cc(-n3c4ccccc4c4ccc(/C(C=C)=C/C=C\C)cc43)c(C)c3c2sc2ccccc23)N=C(c2ccccc2)N1C.CC.CN. The smallest absolute Gasteiger partial charge is 0.160 e. The van der Waals surface area contributed by atoms with Gasteiger partial charge in [-0.2, -0.15) is 0 Å². The second-order valence-corrected chi connectivity index (χ2v) is 14.5. The third-order valence-electron chi connectivity index (χ3n) is 10.2. The van der Waals surface area contributed by atoms with Crippen molar-refractivity contribution in [1.29, 1.82) is 0 Å². The molecule has 0 fully saturated rings. The van der Waals surface area contributed by atoms with E-state index in [1.54, 1.807) is 0 Å². The second-order valence-electron chi connectivity index (χ2n) is 13.4. The van der Waals surface area contributed by atoms with Crippen LogP contribution in [0, 0.1) is 6.92 Å². The van der Waals surface area contributed by atoms with Gasteiger partial charge in [0, 0.05) is 49.1 Å².